The van der Waals surface area contributed by atoms with Crippen LogP contribution in [0.1, 0.15) is 14.7 Å². The lowest BCUT2D eigenvalue weighted by Gasteiger charge is -2.10. The number of rotatable bonds is 4. The van der Waals surface area contributed by atoms with Crippen molar-refractivity contribution in [2.24, 2.45) is 0 Å². The van der Waals surface area contributed by atoms with Crippen LogP contribution in [0.3, 0.4) is 0 Å². The van der Waals surface area contributed by atoms with Gasteiger partial charge in [0.05, 0.1) is 10.7 Å². The third-order valence-corrected chi connectivity index (χ3v) is 3.74. The lowest BCUT2D eigenvalue weighted by Crippen LogP contribution is -2.27. The van der Waals surface area contributed by atoms with E-state index in [1.165, 1.54) is 16.2 Å². The Morgan fingerprint density at radius 1 is 1.24 bits per heavy atom. The van der Waals surface area contributed by atoms with Crippen LogP contribution >= 0.6 is 11.3 Å². The molecular formula is C15H16N2O3S. The van der Waals surface area contributed by atoms with Gasteiger partial charge in [0, 0.05) is 19.7 Å². The van der Waals surface area contributed by atoms with E-state index in [4.69, 9.17) is 4.74 Å². The number of aromatic nitrogens is 1. The second-order valence-corrected chi connectivity index (χ2v) is 5.84. The van der Waals surface area contributed by atoms with Crippen LogP contribution in [0.25, 0.3) is 11.3 Å². The Hall–Kier alpha value is -2.21. The Morgan fingerprint density at radius 2 is 1.90 bits per heavy atom. The quantitative estimate of drug-likeness (QED) is 0.814. The SMILES string of the molecule is Cc1nc(-c2ccccc2)c(C(=O)OCC(=O)N(C)C)s1. The fraction of sp³-hybridized carbons (Fsp3) is 0.267. The van der Waals surface area contributed by atoms with E-state index in [1.54, 1.807) is 14.1 Å². The maximum Gasteiger partial charge on any atom is 0.351 e. The van der Waals surface area contributed by atoms with E-state index < -0.39 is 5.97 Å². The Bertz CT molecular complexity index is 650. The lowest BCUT2D eigenvalue weighted by molar-refractivity contribution is -0.131. The molecule has 0 aliphatic carbocycles. The monoisotopic (exact) mass is 304 g/mol. The van der Waals surface area contributed by atoms with Gasteiger partial charge in [0.2, 0.25) is 0 Å². The molecule has 0 saturated carbocycles. The highest BCUT2D eigenvalue weighted by Gasteiger charge is 2.20. The summed E-state index contributed by atoms with van der Waals surface area (Å²) in [6.45, 7) is 1.57. The van der Waals surface area contributed by atoms with E-state index in [9.17, 15) is 9.59 Å². The number of hydrogen-bond acceptors (Lipinski definition) is 5. The topological polar surface area (TPSA) is 59.5 Å². The average Bonchev–Trinajstić information content (AvgIpc) is 2.87. The molecule has 1 aromatic carbocycles. The summed E-state index contributed by atoms with van der Waals surface area (Å²) in [5, 5.41) is 0.778. The van der Waals surface area contributed by atoms with E-state index in [2.05, 4.69) is 4.98 Å². The molecule has 2 rings (SSSR count). The third-order valence-electron chi connectivity index (χ3n) is 2.79. The number of ether oxygens (including phenoxy) is 1. The molecule has 0 aliphatic rings. The molecule has 0 bridgehead atoms. The van der Waals surface area contributed by atoms with Gasteiger partial charge in [-0.2, -0.15) is 0 Å². The predicted molar refractivity (Wildman–Crippen MR) is 81.3 cm³/mol. The van der Waals surface area contributed by atoms with Crippen LogP contribution in [0.2, 0.25) is 0 Å². The highest BCUT2D eigenvalue weighted by molar-refractivity contribution is 7.14. The number of carbonyl (C=O) groups is 2. The number of hydrogen-bond donors (Lipinski definition) is 0. The van der Waals surface area contributed by atoms with Gasteiger partial charge in [-0.3, -0.25) is 4.79 Å². The second kappa shape index (κ2) is 6.49. The van der Waals surface area contributed by atoms with Crippen LogP contribution in [-0.2, 0) is 9.53 Å². The van der Waals surface area contributed by atoms with Crippen LogP contribution in [-0.4, -0.2) is 42.5 Å². The zero-order valence-corrected chi connectivity index (χ0v) is 12.9. The van der Waals surface area contributed by atoms with Gasteiger partial charge in [0.1, 0.15) is 4.88 Å². The minimum atomic E-state index is -0.519. The molecular weight excluding hydrogens is 288 g/mol. The Morgan fingerprint density at radius 3 is 2.52 bits per heavy atom. The van der Waals surface area contributed by atoms with Gasteiger partial charge in [-0.15, -0.1) is 11.3 Å². The van der Waals surface area contributed by atoms with E-state index >= 15 is 0 Å². The smallest absolute Gasteiger partial charge is 0.351 e. The summed E-state index contributed by atoms with van der Waals surface area (Å²) in [6, 6.07) is 9.44. The molecule has 2 aromatic rings. The predicted octanol–water partition coefficient (Wildman–Crippen LogP) is 2.36. The minimum absolute atomic E-state index is 0.258. The normalized spacial score (nSPS) is 10.2. The van der Waals surface area contributed by atoms with Crippen molar-refractivity contribution >= 4 is 23.2 Å². The molecule has 1 aromatic heterocycles. The van der Waals surface area contributed by atoms with E-state index in [-0.39, 0.29) is 12.5 Å². The first-order valence-electron chi connectivity index (χ1n) is 6.39. The largest absolute Gasteiger partial charge is 0.451 e. The summed E-state index contributed by atoms with van der Waals surface area (Å²) in [5.41, 5.74) is 1.45. The molecule has 0 spiro atoms. The standard InChI is InChI=1S/C15H16N2O3S/c1-10-16-13(11-7-5-4-6-8-11)14(21-10)15(19)20-9-12(18)17(2)3/h4-8H,9H2,1-3H3. The van der Waals surface area contributed by atoms with Crippen molar-refractivity contribution in [3.8, 4) is 11.3 Å². The van der Waals surface area contributed by atoms with E-state index in [0.717, 1.165) is 10.6 Å². The van der Waals surface area contributed by atoms with Crippen LogP contribution in [0.15, 0.2) is 30.3 Å². The molecule has 1 heterocycles. The summed E-state index contributed by atoms with van der Waals surface area (Å²) >= 11 is 1.27. The first kappa shape index (κ1) is 15.2. The van der Waals surface area contributed by atoms with Crippen molar-refractivity contribution in [3.63, 3.8) is 0 Å². The van der Waals surface area contributed by atoms with Crippen molar-refractivity contribution in [2.75, 3.05) is 20.7 Å². The van der Waals surface area contributed by atoms with E-state index in [0.29, 0.717) is 10.6 Å². The van der Waals surface area contributed by atoms with Gasteiger partial charge < -0.3 is 9.64 Å². The molecule has 0 atom stereocenters. The summed E-state index contributed by atoms with van der Waals surface area (Å²) in [4.78, 5) is 29.8. The lowest BCUT2D eigenvalue weighted by atomic mass is 10.1. The molecule has 6 heteroatoms. The van der Waals surface area contributed by atoms with Crippen molar-refractivity contribution in [2.45, 2.75) is 6.92 Å². The Labute approximate surface area is 127 Å². The van der Waals surface area contributed by atoms with Crippen molar-refractivity contribution in [3.05, 3.63) is 40.2 Å². The van der Waals surface area contributed by atoms with Gasteiger partial charge in [-0.25, -0.2) is 9.78 Å². The molecule has 5 nitrogen and oxygen atoms in total. The summed E-state index contributed by atoms with van der Waals surface area (Å²) in [7, 11) is 3.23. The fourth-order valence-electron chi connectivity index (χ4n) is 1.68. The van der Waals surface area contributed by atoms with Crippen LogP contribution in [0.4, 0.5) is 0 Å². The minimum Gasteiger partial charge on any atom is -0.451 e. The first-order chi connectivity index (χ1) is 9.99. The van der Waals surface area contributed by atoms with Crippen LogP contribution < -0.4 is 0 Å². The number of benzene rings is 1. The van der Waals surface area contributed by atoms with Gasteiger partial charge in [0.15, 0.2) is 6.61 Å². The maximum absolute atomic E-state index is 12.2. The van der Waals surface area contributed by atoms with Gasteiger partial charge >= 0.3 is 5.97 Å². The molecule has 110 valence electrons. The second-order valence-electron chi connectivity index (χ2n) is 4.64. The fourth-order valence-corrected chi connectivity index (χ4v) is 2.51. The molecule has 21 heavy (non-hydrogen) atoms. The number of amides is 1. The molecule has 1 amide bonds. The molecule has 0 radical (unpaired) electrons. The number of aryl methyl sites for hydroxylation is 1. The Kier molecular flexibility index (Phi) is 4.70. The maximum atomic E-state index is 12.2. The van der Waals surface area contributed by atoms with Crippen LogP contribution in [0, 0.1) is 6.92 Å². The third kappa shape index (κ3) is 3.66. The first-order valence-corrected chi connectivity index (χ1v) is 7.21. The van der Waals surface area contributed by atoms with Gasteiger partial charge in [-0.1, -0.05) is 30.3 Å². The average molecular weight is 304 g/mol. The summed E-state index contributed by atoms with van der Waals surface area (Å²) in [5.74, 6) is -0.777. The molecule has 0 N–H and O–H groups in total. The number of esters is 1. The van der Waals surface area contributed by atoms with Crippen molar-refractivity contribution in [1.82, 2.24) is 9.88 Å². The molecule has 0 fully saturated rings. The Balaban J connectivity index is 2.20. The number of thiazole rings is 1. The molecule has 0 saturated heterocycles. The number of nitrogens with zero attached hydrogens (tertiary/aromatic N) is 2. The van der Waals surface area contributed by atoms with Gasteiger partial charge in [-0.05, 0) is 6.92 Å². The van der Waals surface area contributed by atoms with Crippen LogP contribution in [0.5, 0.6) is 0 Å². The zero-order chi connectivity index (χ0) is 15.4. The number of carbonyl (C=O) groups excluding carboxylic acids is 2. The molecule has 0 aliphatic heterocycles. The zero-order valence-electron chi connectivity index (χ0n) is 12.1. The molecule has 0 unspecified atom stereocenters. The van der Waals surface area contributed by atoms with Crippen molar-refractivity contribution < 1.29 is 14.3 Å². The van der Waals surface area contributed by atoms with Crippen molar-refractivity contribution in [1.29, 1.82) is 0 Å². The van der Waals surface area contributed by atoms with Gasteiger partial charge in [0.25, 0.3) is 5.91 Å². The summed E-state index contributed by atoms with van der Waals surface area (Å²) < 4.78 is 5.07. The number of likely N-dealkylation sites (N-methyl/N-ethyl adjacent to an activating group) is 1. The highest BCUT2D eigenvalue weighted by atomic mass is 32.1. The summed E-state index contributed by atoms with van der Waals surface area (Å²) in [6.07, 6.45) is 0. The highest BCUT2D eigenvalue weighted by Crippen LogP contribution is 2.28. The van der Waals surface area contributed by atoms with E-state index in [1.807, 2.05) is 37.3 Å².